The zero-order chi connectivity index (χ0) is 14.9. The summed E-state index contributed by atoms with van der Waals surface area (Å²) in [5, 5.41) is 6.91. The molecule has 0 saturated carbocycles. The summed E-state index contributed by atoms with van der Waals surface area (Å²) in [6.45, 7) is 0.711. The molecule has 0 bridgehead atoms. The normalized spacial score (nSPS) is 10.5. The number of carbonyl (C=O) groups excluding carboxylic acids is 1. The van der Waals surface area contributed by atoms with E-state index in [0.717, 1.165) is 25.7 Å². The second-order valence-corrected chi connectivity index (χ2v) is 4.72. The van der Waals surface area contributed by atoms with Crippen molar-refractivity contribution in [2.75, 3.05) is 11.9 Å². The van der Waals surface area contributed by atoms with Crippen LogP contribution in [0.4, 0.5) is 5.69 Å². The molecule has 0 atom stereocenters. The highest BCUT2D eigenvalue weighted by molar-refractivity contribution is 5.92. The molecule has 0 unspecified atom stereocenters. The van der Waals surface area contributed by atoms with E-state index in [0.29, 0.717) is 24.5 Å². The summed E-state index contributed by atoms with van der Waals surface area (Å²) >= 11 is 0. The first-order valence-corrected chi connectivity index (χ1v) is 7.11. The van der Waals surface area contributed by atoms with E-state index in [-0.39, 0.29) is 5.91 Å². The van der Waals surface area contributed by atoms with Crippen LogP contribution in [-0.2, 0) is 4.79 Å². The molecule has 2 aromatic rings. The van der Waals surface area contributed by atoms with Crippen LogP contribution in [0.3, 0.4) is 0 Å². The number of amides is 1. The predicted octanol–water partition coefficient (Wildman–Crippen LogP) is 1.51. The maximum atomic E-state index is 12.0. The van der Waals surface area contributed by atoms with Crippen LogP contribution in [0.1, 0.15) is 32.1 Å². The van der Waals surface area contributed by atoms with Gasteiger partial charge in [0.1, 0.15) is 12.7 Å². The third-order valence-corrected chi connectivity index (χ3v) is 3.05. The van der Waals surface area contributed by atoms with E-state index in [1.165, 1.54) is 11.0 Å². The van der Waals surface area contributed by atoms with Gasteiger partial charge in [-0.2, -0.15) is 5.10 Å². The lowest BCUT2D eigenvalue weighted by atomic mass is 10.1. The molecule has 0 saturated heterocycles. The molecule has 2 aromatic heterocycles. The SMILES string of the molecule is NCCCCCCC(=O)Nc1cccnc1-n1cncn1. The van der Waals surface area contributed by atoms with Gasteiger partial charge in [0.25, 0.3) is 0 Å². The van der Waals surface area contributed by atoms with E-state index >= 15 is 0 Å². The van der Waals surface area contributed by atoms with Crippen molar-refractivity contribution in [2.24, 2.45) is 5.73 Å². The van der Waals surface area contributed by atoms with E-state index in [9.17, 15) is 4.79 Å². The first-order valence-electron chi connectivity index (χ1n) is 7.11. The van der Waals surface area contributed by atoms with Gasteiger partial charge in [0.15, 0.2) is 5.82 Å². The molecule has 2 rings (SSSR count). The van der Waals surface area contributed by atoms with Gasteiger partial charge in [0.05, 0.1) is 5.69 Å². The Balaban J connectivity index is 1.89. The molecule has 112 valence electrons. The lowest BCUT2D eigenvalue weighted by Gasteiger charge is -2.09. The molecule has 7 nitrogen and oxygen atoms in total. The second kappa shape index (κ2) is 8.11. The quantitative estimate of drug-likeness (QED) is 0.717. The van der Waals surface area contributed by atoms with Gasteiger partial charge in [-0.25, -0.2) is 14.6 Å². The van der Waals surface area contributed by atoms with Crippen LogP contribution in [0.5, 0.6) is 0 Å². The number of pyridine rings is 1. The summed E-state index contributed by atoms with van der Waals surface area (Å²) in [4.78, 5) is 20.1. The third-order valence-electron chi connectivity index (χ3n) is 3.05. The topological polar surface area (TPSA) is 98.7 Å². The molecule has 0 radical (unpaired) electrons. The van der Waals surface area contributed by atoms with Crippen LogP contribution in [-0.4, -0.2) is 32.2 Å². The summed E-state index contributed by atoms with van der Waals surface area (Å²) in [5.41, 5.74) is 6.07. The lowest BCUT2D eigenvalue weighted by molar-refractivity contribution is -0.116. The van der Waals surface area contributed by atoms with Gasteiger partial charge in [-0.15, -0.1) is 0 Å². The second-order valence-electron chi connectivity index (χ2n) is 4.72. The van der Waals surface area contributed by atoms with E-state index < -0.39 is 0 Å². The molecule has 0 fully saturated rings. The molecule has 0 aliphatic rings. The number of rotatable bonds is 8. The van der Waals surface area contributed by atoms with Crippen molar-refractivity contribution < 1.29 is 4.79 Å². The Hall–Kier alpha value is -2.28. The highest BCUT2D eigenvalue weighted by Crippen LogP contribution is 2.16. The van der Waals surface area contributed by atoms with E-state index in [2.05, 4.69) is 20.4 Å². The Morgan fingerprint density at radius 2 is 2.14 bits per heavy atom. The van der Waals surface area contributed by atoms with Crippen molar-refractivity contribution in [3.63, 3.8) is 0 Å². The molecule has 1 amide bonds. The molecular weight excluding hydrogens is 268 g/mol. The maximum Gasteiger partial charge on any atom is 0.224 e. The highest BCUT2D eigenvalue weighted by Gasteiger charge is 2.09. The average molecular weight is 288 g/mol. The lowest BCUT2D eigenvalue weighted by Crippen LogP contribution is -2.14. The number of nitrogens with two attached hydrogens (primary N) is 1. The van der Waals surface area contributed by atoms with Crippen molar-refractivity contribution >= 4 is 11.6 Å². The van der Waals surface area contributed by atoms with Crippen LogP contribution in [0.2, 0.25) is 0 Å². The summed E-state index contributed by atoms with van der Waals surface area (Å²) < 4.78 is 1.52. The Kier molecular flexibility index (Phi) is 5.83. The van der Waals surface area contributed by atoms with Gasteiger partial charge in [-0.05, 0) is 31.5 Å². The van der Waals surface area contributed by atoms with Gasteiger partial charge in [0.2, 0.25) is 5.91 Å². The number of hydrogen-bond acceptors (Lipinski definition) is 5. The average Bonchev–Trinajstić information content (AvgIpc) is 3.02. The predicted molar refractivity (Wildman–Crippen MR) is 79.9 cm³/mol. The molecule has 0 aliphatic heterocycles. The van der Waals surface area contributed by atoms with Gasteiger partial charge in [0, 0.05) is 12.6 Å². The molecule has 7 heteroatoms. The monoisotopic (exact) mass is 288 g/mol. The standard InChI is InChI=1S/C14H20N6O/c15-8-4-2-1-3-7-13(21)19-12-6-5-9-17-14(12)20-11-16-10-18-20/h5-6,9-11H,1-4,7-8,15H2,(H,19,21). The molecule has 21 heavy (non-hydrogen) atoms. The van der Waals surface area contributed by atoms with Gasteiger partial charge in [-0.1, -0.05) is 12.8 Å². The van der Waals surface area contributed by atoms with Crippen LogP contribution >= 0.6 is 0 Å². The van der Waals surface area contributed by atoms with Gasteiger partial charge < -0.3 is 11.1 Å². The summed E-state index contributed by atoms with van der Waals surface area (Å²) in [7, 11) is 0. The van der Waals surface area contributed by atoms with Crippen LogP contribution < -0.4 is 11.1 Å². The minimum atomic E-state index is -0.0166. The fourth-order valence-corrected chi connectivity index (χ4v) is 1.99. The molecule has 3 N–H and O–H groups in total. The molecule has 0 aromatic carbocycles. The number of nitrogens with one attached hydrogen (secondary N) is 1. The first-order chi connectivity index (χ1) is 10.3. The Morgan fingerprint density at radius 1 is 1.29 bits per heavy atom. The van der Waals surface area contributed by atoms with E-state index in [4.69, 9.17) is 5.73 Å². The number of anilines is 1. The van der Waals surface area contributed by atoms with Crippen molar-refractivity contribution in [3.8, 4) is 5.82 Å². The summed E-state index contributed by atoms with van der Waals surface area (Å²) in [6.07, 6.45) is 9.10. The third kappa shape index (κ3) is 4.64. The van der Waals surface area contributed by atoms with Crippen molar-refractivity contribution in [2.45, 2.75) is 32.1 Å². The number of carbonyl (C=O) groups is 1. The van der Waals surface area contributed by atoms with E-state index in [1.807, 2.05) is 0 Å². The number of unbranched alkanes of at least 4 members (excludes halogenated alkanes) is 3. The van der Waals surface area contributed by atoms with Crippen molar-refractivity contribution in [1.82, 2.24) is 19.7 Å². The number of hydrogen-bond donors (Lipinski definition) is 2. The van der Waals surface area contributed by atoms with Crippen LogP contribution in [0.15, 0.2) is 31.0 Å². The van der Waals surface area contributed by atoms with Gasteiger partial charge >= 0.3 is 0 Å². The highest BCUT2D eigenvalue weighted by atomic mass is 16.1. The van der Waals surface area contributed by atoms with Crippen molar-refractivity contribution in [1.29, 1.82) is 0 Å². The molecule has 2 heterocycles. The summed E-state index contributed by atoms with van der Waals surface area (Å²) in [6, 6.07) is 3.58. The van der Waals surface area contributed by atoms with E-state index in [1.54, 1.807) is 24.7 Å². The minimum absolute atomic E-state index is 0.0166. The van der Waals surface area contributed by atoms with Crippen LogP contribution in [0.25, 0.3) is 5.82 Å². The smallest absolute Gasteiger partial charge is 0.224 e. The Bertz CT molecular complexity index is 554. The number of aromatic nitrogens is 4. The van der Waals surface area contributed by atoms with Crippen LogP contribution in [0, 0.1) is 0 Å². The molecule has 0 spiro atoms. The minimum Gasteiger partial charge on any atom is -0.330 e. The number of nitrogens with zero attached hydrogens (tertiary/aromatic N) is 4. The zero-order valence-corrected chi connectivity index (χ0v) is 11.9. The largest absolute Gasteiger partial charge is 0.330 e. The molecule has 0 aliphatic carbocycles. The fraction of sp³-hybridized carbons (Fsp3) is 0.429. The van der Waals surface area contributed by atoms with Crippen molar-refractivity contribution in [3.05, 3.63) is 31.0 Å². The Morgan fingerprint density at radius 3 is 2.90 bits per heavy atom. The first kappa shape index (κ1) is 15.1. The molecular formula is C14H20N6O. The van der Waals surface area contributed by atoms with Gasteiger partial charge in [-0.3, -0.25) is 4.79 Å². The Labute approximate surface area is 123 Å². The summed E-state index contributed by atoms with van der Waals surface area (Å²) in [5.74, 6) is 0.545. The fourth-order valence-electron chi connectivity index (χ4n) is 1.99. The zero-order valence-electron chi connectivity index (χ0n) is 11.9. The maximum absolute atomic E-state index is 12.0.